The van der Waals surface area contributed by atoms with E-state index in [1.807, 2.05) is 0 Å². The first-order chi connectivity index (χ1) is 12.1. The van der Waals surface area contributed by atoms with Crippen LogP contribution >= 0.6 is 11.3 Å². The molecule has 136 valence electrons. The Labute approximate surface area is 147 Å². The summed E-state index contributed by atoms with van der Waals surface area (Å²) in [6.07, 6.45) is 0. The van der Waals surface area contributed by atoms with Gasteiger partial charge in [-0.15, -0.1) is 11.3 Å². The van der Waals surface area contributed by atoms with E-state index in [2.05, 4.69) is 4.98 Å². The molecule has 0 unspecified atom stereocenters. The van der Waals surface area contributed by atoms with Crippen molar-refractivity contribution >= 4 is 38.8 Å². The van der Waals surface area contributed by atoms with Crippen LogP contribution in [0.25, 0.3) is 10.2 Å². The van der Waals surface area contributed by atoms with E-state index in [1.54, 1.807) is 25.2 Å². The number of amides is 1. The van der Waals surface area contributed by atoms with Crippen LogP contribution in [-0.2, 0) is 0 Å². The van der Waals surface area contributed by atoms with Crippen LogP contribution in [0.15, 0.2) is 6.07 Å². The Morgan fingerprint density at radius 3 is 2.15 bits per heavy atom. The summed E-state index contributed by atoms with van der Waals surface area (Å²) in [5.41, 5.74) is 5.89. The van der Waals surface area contributed by atoms with Gasteiger partial charge in [0.1, 0.15) is 15.4 Å². The fraction of sp³-hybridized carbons (Fsp3) is 0.125. The van der Waals surface area contributed by atoms with Crippen molar-refractivity contribution in [1.82, 2.24) is 4.98 Å². The average Bonchev–Trinajstić information content (AvgIpc) is 2.91. The number of nitrogens with zero attached hydrogens (tertiary/aromatic N) is 1. The van der Waals surface area contributed by atoms with Crippen molar-refractivity contribution in [3.05, 3.63) is 51.3 Å². The fourth-order valence-corrected chi connectivity index (χ4v) is 3.63. The second-order valence-electron chi connectivity index (χ2n) is 5.50. The molecule has 0 aliphatic heterocycles. The molecule has 1 amide bonds. The number of carbonyl (C=O) groups excluding carboxylic acids is 1. The van der Waals surface area contributed by atoms with Gasteiger partial charge in [0.15, 0.2) is 23.3 Å². The van der Waals surface area contributed by atoms with Gasteiger partial charge >= 0.3 is 0 Å². The molecule has 26 heavy (non-hydrogen) atoms. The third-order valence-corrected chi connectivity index (χ3v) is 4.78. The van der Waals surface area contributed by atoms with Crippen molar-refractivity contribution in [1.29, 1.82) is 0 Å². The Bertz CT molecular complexity index is 1050. The average molecular weight is 387 g/mol. The lowest BCUT2D eigenvalue weighted by atomic mass is 10.1. The number of fused-ring (bicyclic) bond motifs is 1. The highest BCUT2D eigenvalue weighted by atomic mass is 32.1. The zero-order valence-corrected chi connectivity index (χ0v) is 14.1. The summed E-state index contributed by atoms with van der Waals surface area (Å²) in [7, 11) is 0. The second-order valence-corrected chi connectivity index (χ2v) is 6.50. The van der Waals surface area contributed by atoms with E-state index in [1.165, 1.54) is 0 Å². The molecule has 2 aromatic heterocycles. The maximum Gasteiger partial charge on any atom is 0.268 e. The number of thiophene rings is 1. The minimum Gasteiger partial charge on any atom is -0.397 e. The number of aromatic nitrogens is 1. The topological polar surface area (TPSA) is 68.0 Å². The van der Waals surface area contributed by atoms with Gasteiger partial charge in [0, 0.05) is 11.1 Å². The van der Waals surface area contributed by atoms with Crippen molar-refractivity contribution in [2.75, 3.05) is 11.1 Å². The van der Waals surface area contributed by atoms with Gasteiger partial charge in [-0.25, -0.2) is 26.9 Å². The van der Waals surface area contributed by atoms with Crippen molar-refractivity contribution in [2.45, 2.75) is 13.8 Å². The van der Waals surface area contributed by atoms with Crippen LogP contribution < -0.4 is 11.1 Å². The standard InChI is InChI=1S/C16H10F5N3OS/c1-4-3-5(2)23-16-6(4)12(22)14(26-16)15(25)24-13-10(20)8(18)7(17)9(19)11(13)21/h3H,22H2,1-2H3,(H,24,25). The highest BCUT2D eigenvalue weighted by Crippen LogP contribution is 2.36. The van der Waals surface area contributed by atoms with Gasteiger partial charge in [-0.1, -0.05) is 0 Å². The largest absolute Gasteiger partial charge is 0.397 e. The number of nitrogens with one attached hydrogen (secondary N) is 1. The molecular weight excluding hydrogens is 377 g/mol. The number of nitrogens with two attached hydrogens (primary N) is 1. The van der Waals surface area contributed by atoms with Crippen LogP contribution in [0.5, 0.6) is 0 Å². The number of benzene rings is 1. The first kappa shape index (κ1) is 18.1. The summed E-state index contributed by atoms with van der Waals surface area (Å²) >= 11 is 0.848. The molecule has 0 saturated carbocycles. The molecule has 0 bridgehead atoms. The molecule has 0 fully saturated rings. The van der Waals surface area contributed by atoms with E-state index in [0.717, 1.165) is 16.9 Å². The predicted octanol–water partition coefficient (Wildman–Crippen LogP) is 4.44. The smallest absolute Gasteiger partial charge is 0.268 e. The van der Waals surface area contributed by atoms with Crippen molar-refractivity contribution in [3.8, 4) is 0 Å². The Balaban J connectivity index is 2.09. The number of nitrogen functional groups attached to an aromatic ring is 1. The van der Waals surface area contributed by atoms with Gasteiger partial charge in [0.25, 0.3) is 5.91 Å². The van der Waals surface area contributed by atoms with E-state index >= 15 is 0 Å². The van der Waals surface area contributed by atoms with Crippen LogP contribution in [0.1, 0.15) is 20.9 Å². The van der Waals surface area contributed by atoms with E-state index in [-0.39, 0.29) is 10.6 Å². The molecule has 0 aliphatic rings. The van der Waals surface area contributed by atoms with Crippen LogP contribution in [0, 0.1) is 42.9 Å². The van der Waals surface area contributed by atoms with Gasteiger partial charge in [-0.2, -0.15) is 0 Å². The Hall–Kier alpha value is -2.75. The fourth-order valence-electron chi connectivity index (χ4n) is 2.52. The number of rotatable bonds is 2. The molecule has 4 nitrogen and oxygen atoms in total. The van der Waals surface area contributed by atoms with Crippen molar-refractivity contribution in [3.63, 3.8) is 0 Å². The number of halogens is 5. The molecule has 3 aromatic rings. The van der Waals surface area contributed by atoms with Gasteiger partial charge in [0.2, 0.25) is 5.82 Å². The third-order valence-electron chi connectivity index (χ3n) is 3.68. The molecule has 10 heteroatoms. The van der Waals surface area contributed by atoms with Crippen LogP contribution in [0.4, 0.5) is 33.3 Å². The van der Waals surface area contributed by atoms with E-state index in [0.29, 0.717) is 15.9 Å². The molecular formula is C16H10F5N3OS. The van der Waals surface area contributed by atoms with Crippen LogP contribution in [-0.4, -0.2) is 10.9 Å². The van der Waals surface area contributed by atoms with E-state index < -0.39 is 40.7 Å². The molecule has 3 N–H and O–H groups in total. The lowest BCUT2D eigenvalue weighted by Crippen LogP contribution is -2.17. The number of hydrogen-bond acceptors (Lipinski definition) is 4. The number of anilines is 2. The third kappa shape index (κ3) is 2.66. The SMILES string of the molecule is Cc1cc(C)c2c(N)c(C(=O)Nc3c(F)c(F)c(F)c(F)c3F)sc2n1. The van der Waals surface area contributed by atoms with Crippen LogP contribution in [0.3, 0.4) is 0 Å². The highest BCUT2D eigenvalue weighted by molar-refractivity contribution is 7.21. The lowest BCUT2D eigenvalue weighted by molar-refractivity contribution is 0.103. The summed E-state index contributed by atoms with van der Waals surface area (Å²) in [5.74, 6) is -12.0. The summed E-state index contributed by atoms with van der Waals surface area (Å²) in [5, 5.41) is 2.20. The summed E-state index contributed by atoms with van der Waals surface area (Å²) in [6, 6.07) is 1.73. The number of pyridine rings is 1. The predicted molar refractivity (Wildman–Crippen MR) is 87.7 cm³/mol. The number of aryl methyl sites for hydroxylation is 2. The Morgan fingerprint density at radius 2 is 1.58 bits per heavy atom. The molecule has 3 rings (SSSR count). The van der Waals surface area contributed by atoms with Gasteiger partial charge < -0.3 is 11.1 Å². The van der Waals surface area contributed by atoms with Gasteiger partial charge in [0.05, 0.1) is 5.69 Å². The summed E-state index contributed by atoms with van der Waals surface area (Å²) in [4.78, 5) is 16.8. The first-order valence-corrected chi connectivity index (χ1v) is 7.94. The minimum absolute atomic E-state index is 0.0105. The maximum absolute atomic E-state index is 13.7. The molecule has 2 heterocycles. The monoisotopic (exact) mass is 387 g/mol. The lowest BCUT2D eigenvalue weighted by Gasteiger charge is -2.09. The van der Waals surface area contributed by atoms with Gasteiger partial charge in [-0.05, 0) is 25.5 Å². The summed E-state index contributed by atoms with van der Waals surface area (Å²) in [6.45, 7) is 3.47. The minimum atomic E-state index is -2.31. The number of carbonyl (C=O) groups is 1. The van der Waals surface area contributed by atoms with Crippen molar-refractivity contribution in [2.24, 2.45) is 0 Å². The number of hydrogen-bond donors (Lipinski definition) is 2. The van der Waals surface area contributed by atoms with E-state index in [9.17, 15) is 26.7 Å². The normalized spacial score (nSPS) is 11.2. The molecule has 0 saturated heterocycles. The molecule has 0 spiro atoms. The molecule has 1 aromatic carbocycles. The Morgan fingerprint density at radius 1 is 1.04 bits per heavy atom. The first-order valence-electron chi connectivity index (χ1n) is 7.12. The molecule has 0 atom stereocenters. The summed E-state index contributed by atoms with van der Waals surface area (Å²) < 4.78 is 67.0. The molecule has 0 radical (unpaired) electrons. The van der Waals surface area contributed by atoms with Gasteiger partial charge in [-0.3, -0.25) is 4.79 Å². The highest BCUT2D eigenvalue weighted by Gasteiger charge is 2.28. The second kappa shape index (κ2) is 6.20. The van der Waals surface area contributed by atoms with Crippen LogP contribution in [0.2, 0.25) is 0 Å². The zero-order valence-electron chi connectivity index (χ0n) is 13.3. The molecule has 0 aliphatic carbocycles. The van der Waals surface area contributed by atoms with E-state index in [4.69, 9.17) is 5.73 Å². The maximum atomic E-state index is 13.7. The van der Waals surface area contributed by atoms with Crippen molar-refractivity contribution < 1.29 is 26.7 Å². The Kier molecular flexibility index (Phi) is 4.31. The quantitative estimate of drug-likeness (QED) is 0.388. The zero-order chi connectivity index (χ0) is 19.3.